The molecule has 27 heavy (non-hydrogen) atoms. The van der Waals surface area contributed by atoms with Crippen LogP contribution in [0.3, 0.4) is 0 Å². The summed E-state index contributed by atoms with van der Waals surface area (Å²) in [7, 11) is 0. The van der Waals surface area contributed by atoms with Gasteiger partial charge in [-0.2, -0.15) is 0 Å². The van der Waals surface area contributed by atoms with E-state index in [4.69, 9.17) is 5.41 Å². The van der Waals surface area contributed by atoms with Gasteiger partial charge in [0.1, 0.15) is 17.7 Å². The predicted octanol–water partition coefficient (Wildman–Crippen LogP) is 4.18. The van der Waals surface area contributed by atoms with Gasteiger partial charge in [-0.1, -0.05) is 25.3 Å². The molecule has 2 aliphatic rings. The largest absolute Gasteiger partial charge is 0.340 e. The Kier molecular flexibility index (Phi) is 4.95. The standard InChI is InChI=1S/C20H23FN4OS/c1-13(24-12-14-7-8-15(21)11-17(14)18(24)22)19(26)25(20-23-9-10-27-20)16-5-3-2-4-6-16/h7-11,13,16,22H,2-6,12H2,1H3. The molecule has 7 heteroatoms. The molecule has 1 N–H and O–H groups in total. The van der Waals surface area contributed by atoms with Crippen LogP contribution in [0.5, 0.6) is 0 Å². The Morgan fingerprint density at radius 3 is 2.85 bits per heavy atom. The van der Waals surface area contributed by atoms with E-state index in [1.807, 2.05) is 17.2 Å². The monoisotopic (exact) mass is 386 g/mol. The Morgan fingerprint density at radius 1 is 1.37 bits per heavy atom. The van der Waals surface area contributed by atoms with Crippen molar-refractivity contribution in [2.75, 3.05) is 4.90 Å². The van der Waals surface area contributed by atoms with Crippen LogP contribution < -0.4 is 4.90 Å². The predicted molar refractivity (Wildman–Crippen MR) is 105 cm³/mol. The number of anilines is 1. The first-order chi connectivity index (χ1) is 13.1. The lowest BCUT2D eigenvalue weighted by Crippen LogP contribution is -2.51. The van der Waals surface area contributed by atoms with Crippen molar-refractivity contribution in [2.45, 2.75) is 57.7 Å². The Hall–Kier alpha value is -2.28. The van der Waals surface area contributed by atoms with Crippen LogP contribution in [0, 0.1) is 11.2 Å². The van der Waals surface area contributed by atoms with E-state index >= 15 is 0 Å². The van der Waals surface area contributed by atoms with Crippen molar-refractivity contribution in [1.82, 2.24) is 9.88 Å². The van der Waals surface area contributed by atoms with E-state index in [1.165, 1.54) is 29.9 Å². The van der Waals surface area contributed by atoms with Gasteiger partial charge >= 0.3 is 0 Å². The molecule has 1 aliphatic carbocycles. The number of benzene rings is 1. The number of hydrogen-bond donors (Lipinski definition) is 1. The van der Waals surface area contributed by atoms with E-state index in [1.54, 1.807) is 17.2 Å². The molecule has 2 aromatic rings. The number of fused-ring (bicyclic) bond motifs is 1. The number of carbonyl (C=O) groups is 1. The summed E-state index contributed by atoms with van der Waals surface area (Å²) in [5, 5.41) is 11.1. The van der Waals surface area contributed by atoms with Crippen molar-refractivity contribution in [3.05, 3.63) is 46.7 Å². The summed E-state index contributed by atoms with van der Waals surface area (Å²) < 4.78 is 13.6. The normalized spacial score (nSPS) is 18.4. The average molecular weight is 386 g/mol. The first-order valence-corrected chi connectivity index (χ1v) is 10.3. The maximum absolute atomic E-state index is 13.6. The van der Waals surface area contributed by atoms with Gasteiger partial charge in [-0.05, 0) is 37.5 Å². The van der Waals surface area contributed by atoms with Crippen molar-refractivity contribution in [3.8, 4) is 0 Å². The van der Waals surface area contributed by atoms with Gasteiger partial charge in [0.2, 0.25) is 0 Å². The molecular weight excluding hydrogens is 363 g/mol. The van der Waals surface area contributed by atoms with Crippen LogP contribution in [0.2, 0.25) is 0 Å². The zero-order valence-corrected chi connectivity index (χ0v) is 16.1. The molecule has 1 atom stereocenters. The molecule has 1 saturated carbocycles. The van der Waals surface area contributed by atoms with Gasteiger partial charge < -0.3 is 4.90 Å². The lowest BCUT2D eigenvalue weighted by molar-refractivity contribution is -0.122. The Bertz CT molecular complexity index is 848. The fraction of sp³-hybridized carbons (Fsp3) is 0.450. The van der Waals surface area contributed by atoms with E-state index in [0.29, 0.717) is 12.1 Å². The molecule has 2 heterocycles. The average Bonchev–Trinajstić information content (AvgIpc) is 3.31. The van der Waals surface area contributed by atoms with Gasteiger partial charge in [0.05, 0.1) is 0 Å². The highest BCUT2D eigenvalue weighted by atomic mass is 32.1. The number of amides is 1. The number of thiazole rings is 1. The molecule has 1 aliphatic heterocycles. The van der Waals surface area contributed by atoms with E-state index in [9.17, 15) is 9.18 Å². The van der Waals surface area contributed by atoms with Gasteiger partial charge in [0.25, 0.3) is 5.91 Å². The summed E-state index contributed by atoms with van der Waals surface area (Å²) in [6.45, 7) is 2.29. The highest BCUT2D eigenvalue weighted by Gasteiger charge is 2.37. The molecule has 4 rings (SSSR count). The Balaban J connectivity index is 1.59. The fourth-order valence-corrected chi connectivity index (χ4v) is 4.81. The lowest BCUT2D eigenvalue weighted by Gasteiger charge is -2.36. The highest BCUT2D eigenvalue weighted by Crippen LogP contribution is 2.32. The van der Waals surface area contributed by atoms with E-state index in [-0.39, 0.29) is 23.6 Å². The van der Waals surface area contributed by atoms with Gasteiger partial charge in [-0.15, -0.1) is 11.3 Å². The third-order valence-corrected chi connectivity index (χ3v) is 6.35. The molecule has 142 valence electrons. The molecule has 0 radical (unpaired) electrons. The second kappa shape index (κ2) is 7.38. The molecule has 1 fully saturated rings. The molecule has 1 aromatic heterocycles. The second-order valence-corrected chi connectivity index (χ2v) is 8.14. The van der Waals surface area contributed by atoms with Crippen LogP contribution in [0.4, 0.5) is 9.52 Å². The minimum Gasteiger partial charge on any atom is -0.340 e. The fourth-order valence-electron chi connectivity index (χ4n) is 4.09. The molecular formula is C20H23FN4OS. The van der Waals surface area contributed by atoms with Gasteiger partial charge in [0.15, 0.2) is 5.13 Å². The van der Waals surface area contributed by atoms with Crippen LogP contribution in [0.1, 0.15) is 50.2 Å². The molecule has 0 bridgehead atoms. The van der Waals surface area contributed by atoms with Crippen molar-refractivity contribution in [3.63, 3.8) is 0 Å². The summed E-state index contributed by atoms with van der Waals surface area (Å²) in [6, 6.07) is 4.16. The van der Waals surface area contributed by atoms with Crippen molar-refractivity contribution < 1.29 is 9.18 Å². The maximum atomic E-state index is 13.6. The van der Waals surface area contributed by atoms with Crippen LogP contribution >= 0.6 is 11.3 Å². The smallest absolute Gasteiger partial charge is 0.251 e. The number of nitrogens with one attached hydrogen (secondary N) is 1. The topological polar surface area (TPSA) is 60.3 Å². The third kappa shape index (κ3) is 3.36. The van der Waals surface area contributed by atoms with Crippen LogP contribution in [0.25, 0.3) is 0 Å². The Labute approximate surface area is 162 Å². The Morgan fingerprint density at radius 2 is 2.15 bits per heavy atom. The number of hydrogen-bond acceptors (Lipinski definition) is 4. The highest BCUT2D eigenvalue weighted by molar-refractivity contribution is 7.13. The van der Waals surface area contributed by atoms with Crippen LogP contribution in [-0.2, 0) is 11.3 Å². The second-order valence-electron chi connectivity index (χ2n) is 7.27. The molecule has 5 nitrogen and oxygen atoms in total. The zero-order chi connectivity index (χ0) is 19.0. The van der Waals surface area contributed by atoms with E-state index < -0.39 is 6.04 Å². The maximum Gasteiger partial charge on any atom is 0.251 e. The van der Waals surface area contributed by atoms with E-state index in [2.05, 4.69) is 4.98 Å². The number of rotatable bonds is 4. The number of halogens is 1. The number of aromatic nitrogens is 1. The molecule has 1 unspecified atom stereocenters. The molecule has 1 amide bonds. The summed E-state index contributed by atoms with van der Waals surface area (Å²) in [5.74, 6) is -0.172. The number of amidine groups is 1. The first kappa shape index (κ1) is 18.1. The van der Waals surface area contributed by atoms with Gasteiger partial charge in [-0.3, -0.25) is 15.1 Å². The minimum atomic E-state index is -0.501. The minimum absolute atomic E-state index is 0.0325. The summed E-state index contributed by atoms with van der Waals surface area (Å²) in [4.78, 5) is 21.5. The van der Waals surface area contributed by atoms with Gasteiger partial charge in [0, 0.05) is 29.7 Å². The van der Waals surface area contributed by atoms with Crippen LogP contribution in [0.15, 0.2) is 29.8 Å². The molecule has 0 saturated heterocycles. The molecule has 0 spiro atoms. The zero-order valence-electron chi connectivity index (χ0n) is 15.3. The lowest BCUT2D eigenvalue weighted by atomic mass is 9.94. The summed E-state index contributed by atoms with van der Waals surface area (Å²) >= 11 is 1.48. The third-order valence-electron chi connectivity index (χ3n) is 5.58. The quantitative estimate of drug-likeness (QED) is 0.858. The first-order valence-electron chi connectivity index (χ1n) is 9.43. The van der Waals surface area contributed by atoms with Crippen LogP contribution in [-0.4, -0.2) is 33.7 Å². The van der Waals surface area contributed by atoms with E-state index in [0.717, 1.165) is 36.4 Å². The van der Waals surface area contributed by atoms with Crippen molar-refractivity contribution in [2.24, 2.45) is 0 Å². The van der Waals surface area contributed by atoms with Crippen molar-refractivity contribution in [1.29, 1.82) is 5.41 Å². The number of carbonyl (C=O) groups excluding carboxylic acids is 1. The summed E-state index contributed by atoms with van der Waals surface area (Å²) in [5.41, 5.74) is 1.47. The SMILES string of the molecule is CC(C(=O)N(c1nccs1)C1CCCCC1)N1Cc2ccc(F)cc2C1=N. The van der Waals surface area contributed by atoms with Gasteiger partial charge in [-0.25, -0.2) is 9.37 Å². The van der Waals surface area contributed by atoms with Crippen molar-refractivity contribution >= 4 is 28.2 Å². The number of nitrogens with zero attached hydrogens (tertiary/aromatic N) is 3. The summed E-state index contributed by atoms with van der Waals surface area (Å²) in [6.07, 6.45) is 7.16. The molecule has 1 aromatic carbocycles.